The number of anilines is 1. The van der Waals surface area contributed by atoms with Gasteiger partial charge in [0.15, 0.2) is 0 Å². The molecular formula is C15H18N6O. The van der Waals surface area contributed by atoms with Crippen molar-refractivity contribution in [2.45, 2.75) is 19.3 Å². The first-order valence-electron chi connectivity index (χ1n) is 7.34. The number of aromatic nitrogens is 4. The van der Waals surface area contributed by atoms with Gasteiger partial charge in [0.05, 0.1) is 11.9 Å². The minimum absolute atomic E-state index is 0.0649. The van der Waals surface area contributed by atoms with E-state index in [-0.39, 0.29) is 5.91 Å². The zero-order chi connectivity index (χ0) is 15.4. The van der Waals surface area contributed by atoms with Crippen molar-refractivity contribution in [2.24, 2.45) is 5.92 Å². The largest absolute Gasteiger partial charge is 0.382 e. The highest BCUT2D eigenvalue weighted by molar-refractivity contribution is 5.92. The fourth-order valence-corrected chi connectivity index (χ4v) is 2.80. The van der Waals surface area contributed by atoms with Crippen LogP contribution in [0.15, 0.2) is 31.0 Å². The second-order valence-corrected chi connectivity index (χ2v) is 5.44. The molecule has 1 amide bonds. The number of carbonyl (C=O) groups excluding carboxylic acids is 1. The van der Waals surface area contributed by atoms with Crippen molar-refractivity contribution in [3.8, 4) is 0 Å². The fraction of sp³-hybridized carbons (Fsp3) is 0.400. The standard InChI is InChI=1S/C15H18N6O/c16-14-12(18-5-6-20-14)8-11-2-1-7-21(10-11)15(22)13-9-17-3-4-19-13/h3-6,9,11H,1-2,7-8,10H2,(H2,16,20)/t11-/m0/s1. The summed E-state index contributed by atoms with van der Waals surface area (Å²) < 4.78 is 0. The van der Waals surface area contributed by atoms with E-state index < -0.39 is 0 Å². The monoisotopic (exact) mass is 298 g/mol. The molecule has 7 nitrogen and oxygen atoms in total. The van der Waals surface area contributed by atoms with Crippen molar-refractivity contribution < 1.29 is 4.79 Å². The van der Waals surface area contributed by atoms with Crippen LogP contribution in [0.3, 0.4) is 0 Å². The van der Waals surface area contributed by atoms with Crippen LogP contribution in [-0.4, -0.2) is 43.8 Å². The third kappa shape index (κ3) is 3.19. The minimum Gasteiger partial charge on any atom is -0.382 e. The van der Waals surface area contributed by atoms with Gasteiger partial charge in [-0.1, -0.05) is 0 Å². The maximum atomic E-state index is 12.4. The van der Waals surface area contributed by atoms with Crippen molar-refractivity contribution in [2.75, 3.05) is 18.8 Å². The molecule has 3 rings (SSSR count). The topological polar surface area (TPSA) is 97.9 Å². The van der Waals surface area contributed by atoms with Gasteiger partial charge in [-0.3, -0.25) is 14.8 Å². The maximum Gasteiger partial charge on any atom is 0.274 e. The highest BCUT2D eigenvalue weighted by Gasteiger charge is 2.26. The van der Waals surface area contributed by atoms with Crippen molar-refractivity contribution in [3.63, 3.8) is 0 Å². The van der Waals surface area contributed by atoms with Gasteiger partial charge in [0, 0.05) is 37.9 Å². The second kappa shape index (κ2) is 6.46. The molecule has 7 heteroatoms. The van der Waals surface area contributed by atoms with Gasteiger partial charge in [0.1, 0.15) is 11.5 Å². The summed E-state index contributed by atoms with van der Waals surface area (Å²) in [6, 6.07) is 0. The quantitative estimate of drug-likeness (QED) is 0.905. The molecule has 0 bridgehead atoms. The third-order valence-electron chi connectivity index (χ3n) is 3.88. The number of carbonyl (C=O) groups is 1. The Kier molecular flexibility index (Phi) is 4.22. The smallest absolute Gasteiger partial charge is 0.274 e. The van der Waals surface area contributed by atoms with Crippen LogP contribution in [-0.2, 0) is 6.42 Å². The number of rotatable bonds is 3. The number of hydrogen-bond acceptors (Lipinski definition) is 6. The molecule has 1 fully saturated rings. The predicted molar refractivity (Wildman–Crippen MR) is 80.8 cm³/mol. The average Bonchev–Trinajstić information content (AvgIpc) is 2.57. The molecule has 1 aliphatic heterocycles. The summed E-state index contributed by atoms with van der Waals surface area (Å²) in [5.74, 6) is 0.748. The predicted octanol–water partition coefficient (Wildman–Crippen LogP) is 0.944. The van der Waals surface area contributed by atoms with Gasteiger partial charge in [0.2, 0.25) is 0 Å². The number of piperidine rings is 1. The first-order chi connectivity index (χ1) is 10.7. The van der Waals surface area contributed by atoms with E-state index in [0.717, 1.165) is 31.5 Å². The second-order valence-electron chi connectivity index (χ2n) is 5.44. The number of nitrogens with two attached hydrogens (primary N) is 1. The molecular weight excluding hydrogens is 280 g/mol. The fourth-order valence-electron chi connectivity index (χ4n) is 2.80. The Labute approximate surface area is 128 Å². The molecule has 0 spiro atoms. The molecule has 114 valence electrons. The van der Waals surface area contributed by atoms with Crippen LogP contribution in [0.4, 0.5) is 5.82 Å². The average molecular weight is 298 g/mol. The number of likely N-dealkylation sites (tertiary alicyclic amines) is 1. The van der Waals surface area contributed by atoms with E-state index in [2.05, 4.69) is 19.9 Å². The summed E-state index contributed by atoms with van der Waals surface area (Å²) in [5, 5.41) is 0. The first kappa shape index (κ1) is 14.4. The molecule has 2 aromatic heterocycles. The molecule has 1 aliphatic rings. The molecule has 0 saturated carbocycles. The van der Waals surface area contributed by atoms with Crippen LogP contribution in [0, 0.1) is 5.92 Å². The summed E-state index contributed by atoms with van der Waals surface area (Å²) in [6.45, 7) is 1.44. The van der Waals surface area contributed by atoms with Crippen LogP contribution >= 0.6 is 0 Å². The van der Waals surface area contributed by atoms with Gasteiger partial charge >= 0.3 is 0 Å². The molecule has 2 aromatic rings. The summed E-state index contributed by atoms with van der Waals surface area (Å²) in [4.78, 5) is 30.7. The molecule has 22 heavy (non-hydrogen) atoms. The van der Waals surface area contributed by atoms with Crippen molar-refractivity contribution in [1.82, 2.24) is 24.8 Å². The summed E-state index contributed by atoms with van der Waals surface area (Å²) in [7, 11) is 0. The van der Waals surface area contributed by atoms with Gasteiger partial charge in [-0.05, 0) is 25.2 Å². The Morgan fingerprint density at radius 2 is 2.05 bits per heavy atom. The zero-order valence-corrected chi connectivity index (χ0v) is 12.2. The maximum absolute atomic E-state index is 12.4. The number of hydrogen-bond donors (Lipinski definition) is 1. The van der Waals surface area contributed by atoms with Crippen molar-refractivity contribution >= 4 is 11.7 Å². The Morgan fingerprint density at radius 1 is 1.23 bits per heavy atom. The lowest BCUT2D eigenvalue weighted by atomic mass is 9.93. The van der Waals surface area contributed by atoms with E-state index >= 15 is 0 Å². The lowest BCUT2D eigenvalue weighted by Gasteiger charge is -2.32. The van der Waals surface area contributed by atoms with E-state index in [1.54, 1.807) is 18.6 Å². The first-order valence-corrected chi connectivity index (χ1v) is 7.34. The van der Waals surface area contributed by atoms with E-state index in [9.17, 15) is 4.79 Å². The van der Waals surface area contributed by atoms with Gasteiger partial charge in [0.25, 0.3) is 5.91 Å². The Morgan fingerprint density at radius 3 is 2.82 bits per heavy atom. The molecule has 2 N–H and O–H groups in total. The molecule has 1 atom stereocenters. The molecule has 0 radical (unpaired) electrons. The highest BCUT2D eigenvalue weighted by Crippen LogP contribution is 2.22. The van der Waals surface area contributed by atoms with Crippen molar-refractivity contribution in [1.29, 1.82) is 0 Å². The molecule has 0 unspecified atom stereocenters. The van der Waals surface area contributed by atoms with Crippen molar-refractivity contribution in [3.05, 3.63) is 42.4 Å². The number of amides is 1. The van der Waals surface area contributed by atoms with E-state index in [1.807, 2.05) is 4.90 Å². The van der Waals surface area contributed by atoms with Crippen LogP contribution in [0.5, 0.6) is 0 Å². The Hall–Kier alpha value is -2.57. The van der Waals surface area contributed by atoms with E-state index in [1.165, 1.54) is 12.4 Å². The number of nitrogen functional groups attached to an aromatic ring is 1. The van der Waals surface area contributed by atoms with Crippen LogP contribution in [0.25, 0.3) is 0 Å². The summed E-state index contributed by atoms with van der Waals surface area (Å²) in [6.07, 6.45) is 10.6. The van der Waals surface area contributed by atoms with E-state index in [4.69, 9.17) is 5.73 Å². The van der Waals surface area contributed by atoms with Gasteiger partial charge in [-0.25, -0.2) is 9.97 Å². The van der Waals surface area contributed by atoms with Gasteiger partial charge < -0.3 is 10.6 Å². The third-order valence-corrected chi connectivity index (χ3v) is 3.88. The normalized spacial score (nSPS) is 18.2. The summed E-state index contributed by atoms with van der Waals surface area (Å²) >= 11 is 0. The van der Waals surface area contributed by atoms with E-state index in [0.29, 0.717) is 24.0 Å². The van der Waals surface area contributed by atoms with Gasteiger partial charge in [-0.2, -0.15) is 0 Å². The minimum atomic E-state index is -0.0649. The molecule has 3 heterocycles. The zero-order valence-electron chi connectivity index (χ0n) is 12.2. The summed E-state index contributed by atoms with van der Waals surface area (Å²) in [5.41, 5.74) is 7.05. The Balaban J connectivity index is 1.67. The molecule has 0 aliphatic carbocycles. The van der Waals surface area contributed by atoms with Crippen LogP contribution in [0.1, 0.15) is 29.0 Å². The molecule has 0 aromatic carbocycles. The number of nitrogens with zero attached hydrogens (tertiary/aromatic N) is 5. The SMILES string of the molecule is Nc1nccnc1C[C@@H]1CCCN(C(=O)c2cnccn2)C1. The lowest BCUT2D eigenvalue weighted by molar-refractivity contribution is 0.0666. The lowest BCUT2D eigenvalue weighted by Crippen LogP contribution is -2.41. The Bertz CT molecular complexity index is 647. The highest BCUT2D eigenvalue weighted by atomic mass is 16.2. The molecule has 1 saturated heterocycles. The van der Waals surface area contributed by atoms with Crippen LogP contribution in [0.2, 0.25) is 0 Å². The van der Waals surface area contributed by atoms with Crippen LogP contribution < -0.4 is 5.73 Å². The van der Waals surface area contributed by atoms with Gasteiger partial charge in [-0.15, -0.1) is 0 Å².